The van der Waals surface area contributed by atoms with Crippen molar-refractivity contribution < 1.29 is 28.5 Å². The summed E-state index contributed by atoms with van der Waals surface area (Å²) in [6.45, 7) is 2.44. The zero-order valence-electron chi connectivity index (χ0n) is 17.4. The van der Waals surface area contributed by atoms with Crippen LogP contribution in [0.4, 0.5) is 5.69 Å². The van der Waals surface area contributed by atoms with E-state index in [0.29, 0.717) is 18.5 Å². The van der Waals surface area contributed by atoms with Crippen molar-refractivity contribution in [2.24, 2.45) is 0 Å². The highest BCUT2D eigenvalue weighted by Crippen LogP contribution is 2.33. The van der Waals surface area contributed by atoms with Crippen molar-refractivity contribution in [3.63, 3.8) is 0 Å². The Bertz CT molecular complexity index is 1180. The molecule has 1 saturated heterocycles. The number of hydrogen-bond acceptors (Lipinski definition) is 9. The van der Waals surface area contributed by atoms with E-state index in [9.17, 15) is 23.9 Å². The number of likely N-dealkylation sites (tertiary alicyclic amines) is 1. The predicted molar refractivity (Wildman–Crippen MR) is 112 cm³/mol. The number of quaternary nitrogens is 1. The summed E-state index contributed by atoms with van der Waals surface area (Å²) in [7, 11) is -3.64. The van der Waals surface area contributed by atoms with Gasteiger partial charge in [0.25, 0.3) is 0 Å². The van der Waals surface area contributed by atoms with Crippen LogP contribution in [0.5, 0.6) is 0 Å². The first-order valence-corrected chi connectivity index (χ1v) is 11.7. The Hall–Kier alpha value is -2.67. The molecule has 10 nitrogen and oxygen atoms in total. The first-order chi connectivity index (χ1) is 15.2. The van der Waals surface area contributed by atoms with Crippen LogP contribution in [0.3, 0.4) is 0 Å². The number of β-amino-alcohol motifs (C(OH)–C–C–N with tert-alkyl or cyclic N) is 1. The van der Waals surface area contributed by atoms with Crippen LogP contribution in [-0.4, -0.2) is 46.4 Å². The quantitative estimate of drug-likeness (QED) is 0.441. The van der Waals surface area contributed by atoms with Gasteiger partial charge >= 0.3 is 0 Å². The maximum atomic E-state index is 12.7. The molecule has 0 bridgehead atoms. The number of nitrogens with zero attached hydrogens (tertiary/aromatic N) is 3. The van der Waals surface area contributed by atoms with E-state index in [0.717, 1.165) is 5.56 Å². The summed E-state index contributed by atoms with van der Waals surface area (Å²) in [5.41, 5.74) is 1.74. The number of aliphatic hydroxyl groups excluding tert-OH is 1. The third-order valence-corrected chi connectivity index (χ3v) is 7.10. The van der Waals surface area contributed by atoms with Gasteiger partial charge in [0.15, 0.2) is 21.3 Å². The SMILES string of the molecule is Cc1ccc(S(=O)(=O)Cc2noc([C@H]3C[C@@H](O)CN3Cc3ccccc3[NH+]([O-])O)n2)cc1. The van der Waals surface area contributed by atoms with E-state index in [1.807, 2.05) is 11.8 Å². The van der Waals surface area contributed by atoms with Crippen molar-refractivity contribution in [3.8, 4) is 0 Å². The molecule has 4 rings (SSSR count). The molecule has 11 heteroatoms. The topological polar surface area (TPSA) is 144 Å². The van der Waals surface area contributed by atoms with Gasteiger partial charge in [-0.15, -0.1) is 0 Å². The van der Waals surface area contributed by atoms with Crippen molar-refractivity contribution in [1.29, 1.82) is 0 Å². The fourth-order valence-corrected chi connectivity index (χ4v) is 5.03. The minimum Gasteiger partial charge on any atom is -0.595 e. The average molecular weight is 461 g/mol. The van der Waals surface area contributed by atoms with Crippen molar-refractivity contribution in [3.05, 3.63) is 76.6 Å². The second-order valence-electron chi connectivity index (χ2n) is 7.92. The van der Waals surface area contributed by atoms with Gasteiger partial charge in [-0.1, -0.05) is 41.1 Å². The Morgan fingerprint density at radius 3 is 2.66 bits per heavy atom. The maximum Gasteiger partial charge on any atom is 0.244 e. The van der Waals surface area contributed by atoms with Crippen molar-refractivity contribution in [1.82, 2.24) is 15.0 Å². The van der Waals surface area contributed by atoms with Crippen LogP contribution in [0.25, 0.3) is 0 Å². The second-order valence-corrected chi connectivity index (χ2v) is 9.91. The molecular weight excluding hydrogens is 436 g/mol. The smallest absolute Gasteiger partial charge is 0.244 e. The highest BCUT2D eigenvalue weighted by atomic mass is 32.2. The maximum absolute atomic E-state index is 12.7. The van der Waals surface area contributed by atoms with E-state index in [2.05, 4.69) is 10.1 Å². The van der Waals surface area contributed by atoms with Gasteiger partial charge in [-0.3, -0.25) is 4.90 Å². The lowest BCUT2D eigenvalue weighted by molar-refractivity contribution is -0.991. The Labute approximate surface area is 185 Å². The minimum absolute atomic E-state index is 0.0350. The first-order valence-electron chi connectivity index (χ1n) is 10.1. The molecule has 0 saturated carbocycles. The first kappa shape index (κ1) is 22.5. The number of benzene rings is 2. The number of rotatable bonds is 7. The lowest BCUT2D eigenvalue weighted by Crippen LogP contribution is -2.99. The molecule has 3 aromatic rings. The van der Waals surface area contributed by atoms with E-state index in [-0.39, 0.29) is 28.8 Å². The zero-order valence-corrected chi connectivity index (χ0v) is 18.2. The highest BCUT2D eigenvalue weighted by molar-refractivity contribution is 7.90. The lowest BCUT2D eigenvalue weighted by atomic mass is 10.1. The number of aromatic nitrogens is 2. The van der Waals surface area contributed by atoms with E-state index in [1.165, 1.54) is 6.07 Å². The molecule has 170 valence electrons. The van der Waals surface area contributed by atoms with Crippen molar-refractivity contribution in [2.75, 3.05) is 6.54 Å². The van der Waals surface area contributed by atoms with Gasteiger partial charge in [-0.25, -0.2) is 13.6 Å². The Kier molecular flexibility index (Phi) is 6.38. The number of nitrogens with one attached hydrogen (secondary N) is 1. The molecule has 2 heterocycles. The molecule has 1 aromatic heterocycles. The van der Waals surface area contributed by atoms with Crippen LogP contribution < -0.4 is 5.23 Å². The molecule has 1 unspecified atom stereocenters. The number of sulfone groups is 1. The van der Waals surface area contributed by atoms with Crippen LogP contribution in [0.15, 0.2) is 57.9 Å². The zero-order chi connectivity index (χ0) is 22.9. The Morgan fingerprint density at radius 2 is 1.94 bits per heavy atom. The monoisotopic (exact) mass is 460 g/mol. The van der Waals surface area contributed by atoms with Gasteiger partial charge in [0.05, 0.1) is 17.0 Å². The molecule has 1 aliphatic heterocycles. The molecule has 1 fully saturated rings. The molecule has 0 radical (unpaired) electrons. The molecule has 3 N–H and O–H groups in total. The van der Waals surface area contributed by atoms with E-state index in [1.54, 1.807) is 42.5 Å². The summed E-state index contributed by atoms with van der Waals surface area (Å²) < 4.78 is 30.7. The number of aryl methyl sites for hydroxylation is 1. The van der Waals surface area contributed by atoms with Gasteiger partial charge in [0, 0.05) is 24.7 Å². The number of para-hydroxylation sites is 1. The van der Waals surface area contributed by atoms with Gasteiger partial charge in [-0.2, -0.15) is 10.2 Å². The largest absolute Gasteiger partial charge is 0.595 e. The third kappa shape index (κ3) is 4.88. The van der Waals surface area contributed by atoms with E-state index < -0.39 is 33.0 Å². The summed E-state index contributed by atoms with van der Waals surface area (Å²) in [5.74, 6) is -0.173. The van der Waals surface area contributed by atoms with Crippen LogP contribution in [0.1, 0.15) is 35.3 Å². The minimum atomic E-state index is -3.64. The molecule has 3 atom stereocenters. The molecular formula is C21H24N4O6S. The normalized spacial score (nSPS) is 20.5. The predicted octanol–water partition coefficient (Wildman–Crippen LogP) is 1.06. The number of hydrogen-bond donors (Lipinski definition) is 3. The van der Waals surface area contributed by atoms with Crippen molar-refractivity contribution in [2.45, 2.75) is 42.7 Å². The second kappa shape index (κ2) is 9.06. The molecule has 0 amide bonds. The van der Waals surface area contributed by atoms with Gasteiger partial charge in [0.2, 0.25) is 5.89 Å². The lowest BCUT2D eigenvalue weighted by Gasteiger charge is -2.23. The van der Waals surface area contributed by atoms with E-state index >= 15 is 0 Å². The summed E-state index contributed by atoms with van der Waals surface area (Å²) in [5, 5.41) is 34.0. The summed E-state index contributed by atoms with van der Waals surface area (Å²) >= 11 is 0. The van der Waals surface area contributed by atoms with Crippen LogP contribution in [-0.2, 0) is 22.1 Å². The molecule has 32 heavy (non-hydrogen) atoms. The number of aliphatic hydroxyl groups is 1. The summed E-state index contributed by atoms with van der Waals surface area (Å²) in [6.07, 6.45) is -0.328. The molecule has 2 aromatic carbocycles. The third-order valence-electron chi connectivity index (χ3n) is 5.47. The van der Waals surface area contributed by atoms with Crippen LogP contribution in [0.2, 0.25) is 0 Å². The summed E-state index contributed by atoms with van der Waals surface area (Å²) in [6, 6.07) is 12.7. The molecule has 0 aliphatic carbocycles. The fourth-order valence-electron chi connectivity index (χ4n) is 3.86. The van der Waals surface area contributed by atoms with Crippen LogP contribution in [0, 0.1) is 12.1 Å². The standard InChI is InChI=1S/C21H24N4O6S/c1-14-6-8-17(9-7-14)32(29,30)13-20-22-21(31-23-20)19-10-16(26)12-24(19)11-15-4-2-3-5-18(15)25(27)28/h2-9,16,19,25-27H,10-13H2,1H3/t16-,19-/m1/s1. The summed E-state index contributed by atoms with van der Waals surface area (Å²) in [4.78, 5) is 6.32. The Morgan fingerprint density at radius 1 is 1.22 bits per heavy atom. The van der Waals surface area contributed by atoms with Gasteiger partial charge in [0.1, 0.15) is 5.75 Å². The Balaban J connectivity index is 1.53. The van der Waals surface area contributed by atoms with E-state index in [4.69, 9.17) is 4.52 Å². The highest BCUT2D eigenvalue weighted by Gasteiger charge is 2.36. The molecule has 0 spiro atoms. The van der Waals surface area contributed by atoms with Gasteiger partial charge in [-0.05, 0) is 25.5 Å². The van der Waals surface area contributed by atoms with Crippen LogP contribution >= 0.6 is 0 Å². The van der Waals surface area contributed by atoms with Crippen molar-refractivity contribution >= 4 is 15.5 Å². The average Bonchev–Trinajstić information content (AvgIpc) is 3.34. The van der Waals surface area contributed by atoms with Gasteiger partial charge < -0.3 is 14.8 Å². The fraction of sp³-hybridized carbons (Fsp3) is 0.333. The molecule has 1 aliphatic rings.